The number of carbonyl (C=O) groups excluding carboxylic acids is 1. The van der Waals surface area contributed by atoms with Crippen molar-refractivity contribution in [2.24, 2.45) is 5.41 Å². The van der Waals surface area contributed by atoms with Gasteiger partial charge >= 0.3 is 0 Å². The molecule has 164 valence electrons. The number of rotatable bonds is 6. The molecule has 0 aliphatic carbocycles. The lowest BCUT2D eigenvalue weighted by Crippen LogP contribution is -2.38. The average Bonchev–Trinajstić information content (AvgIpc) is 3.35. The van der Waals surface area contributed by atoms with Gasteiger partial charge in [-0.05, 0) is 56.1 Å². The van der Waals surface area contributed by atoms with Gasteiger partial charge in [-0.15, -0.1) is 5.10 Å². The first-order valence-corrected chi connectivity index (χ1v) is 11.0. The minimum Gasteiger partial charge on any atom is -0.368 e. The Bertz CT molecular complexity index is 1050. The van der Waals surface area contributed by atoms with Gasteiger partial charge in [-0.2, -0.15) is 0 Å². The molecule has 0 spiro atoms. The molecule has 4 rings (SSSR count). The van der Waals surface area contributed by atoms with Gasteiger partial charge in [0.1, 0.15) is 5.82 Å². The molecule has 7 heteroatoms. The van der Waals surface area contributed by atoms with E-state index in [9.17, 15) is 4.79 Å². The average molecular weight is 421 g/mol. The highest BCUT2D eigenvalue weighted by Crippen LogP contribution is 2.22. The van der Waals surface area contributed by atoms with Crippen molar-refractivity contribution in [1.29, 1.82) is 0 Å². The van der Waals surface area contributed by atoms with E-state index in [-0.39, 0.29) is 11.3 Å². The first-order chi connectivity index (χ1) is 14.8. The second kappa shape index (κ2) is 8.67. The van der Waals surface area contributed by atoms with Crippen LogP contribution in [0.5, 0.6) is 0 Å². The number of hydrogen-bond donors (Lipinski definition) is 2. The molecular weight excluding hydrogens is 388 g/mol. The third-order valence-corrected chi connectivity index (χ3v) is 5.77. The van der Waals surface area contributed by atoms with Crippen LogP contribution in [0.15, 0.2) is 42.6 Å². The molecule has 7 nitrogen and oxygen atoms in total. The van der Waals surface area contributed by atoms with E-state index < -0.39 is 0 Å². The Morgan fingerprint density at radius 1 is 1.16 bits per heavy atom. The Kier molecular flexibility index (Phi) is 5.96. The maximum atomic E-state index is 12.5. The van der Waals surface area contributed by atoms with Crippen molar-refractivity contribution >= 4 is 17.4 Å². The van der Waals surface area contributed by atoms with Crippen LogP contribution in [-0.2, 0) is 0 Å². The lowest BCUT2D eigenvalue weighted by atomic mass is 9.97. The maximum absolute atomic E-state index is 12.5. The number of benzene rings is 1. The van der Waals surface area contributed by atoms with Gasteiger partial charge < -0.3 is 15.5 Å². The lowest BCUT2D eigenvalue weighted by molar-refractivity contribution is 0.0943. The number of nitrogens with zero attached hydrogens (tertiary/aromatic N) is 4. The summed E-state index contributed by atoms with van der Waals surface area (Å²) in [5.41, 5.74) is 3.49. The van der Waals surface area contributed by atoms with E-state index in [4.69, 9.17) is 5.10 Å². The number of likely N-dealkylation sites (N-methyl/N-ethyl adjacent to an activating group) is 1. The van der Waals surface area contributed by atoms with Gasteiger partial charge in [0.25, 0.3) is 5.91 Å². The van der Waals surface area contributed by atoms with Crippen LogP contribution >= 0.6 is 0 Å². The Balaban J connectivity index is 1.47. The van der Waals surface area contributed by atoms with Crippen molar-refractivity contribution in [3.05, 3.63) is 48.2 Å². The summed E-state index contributed by atoms with van der Waals surface area (Å²) in [6.45, 7) is 9.19. The molecule has 0 radical (unpaired) electrons. The Hall–Kier alpha value is -2.93. The predicted octanol–water partition coefficient (Wildman–Crippen LogP) is 3.68. The van der Waals surface area contributed by atoms with E-state index in [0.717, 1.165) is 42.2 Å². The van der Waals surface area contributed by atoms with Crippen LogP contribution in [0.4, 0.5) is 5.82 Å². The highest BCUT2D eigenvalue weighted by Gasteiger charge is 2.21. The number of amides is 1. The normalized spacial score (nSPS) is 17.2. The number of fused-ring (bicyclic) bond motifs is 1. The van der Waals surface area contributed by atoms with Crippen molar-refractivity contribution in [2.75, 3.05) is 32.0 Å². The third kappa shape index (κ3) is 5.05. The van der Waals surface area contributed by atoms with Crippen LogP contribution in [0.2, 0.25) is 0 Å². The monoisotopic (exact) mass is 420 g/mol. The summed E-state index contributed by atoms with van der Waals surface area (Å²) in [5, 5.41) is 11.2. The Labute approximate surface area is 183 Å². The number of imidazole rings is 1. The molecule has 31 heavy (non-hydrogen) atoms. The molecule has 1 atom stereocenters. The minimum absolute atomic E-state index is 0.0308. The van der Waals surface area contributed by atoms with Gasteiger partial charge in [0.2, 0.25) is 0 Å². The summed E-state index contributed by atoms with van der Waals surface area (Å²) < 4.78 is 1.84. The fourth-order valence-corrected chi connectivity index (χ4v) is 3.86. The summed E-state index contributed by atoms with van der Waals surface area (Å²) in [7, 11) is 2.12. The lowest BCUT2D eigenvalue weighted by Gasteiger charge is -2.19. The predicted molar refractivity (Wildman–Crippen MR) is 124 cm³/mol. The molecule has 1 aromatic carbocycles. The molecular formula is C24H32N6O. The van der Waals surface area contributed by atoms with Crippen molar-refractivity contribution in [3.8, 4) is 11.3 Å². The standard InChI is InChI=1S/C24H32N6O/c1-24(2,3)16-27-21-11-12-22-25-15-20(30(22)28-21)17-7-9-18(10-8-17)23(31)26-14-19-6-5-13-29(19)4/h7-12,15,19H,5-6,13-14,16H2,1-4H3,(H,26,31)(H,27,28). The number of nitrogens with one attached hydrogen (secondary N) is 2. The summed E-state index contributed by atoms with van der Waals surface area (Å²) in [5.74, 6) is 0.784. The van der Waals surface area contributed by atoms with Crippen molar-refractivity contribution < 1.29 is 4.79 Å². The topological polar surface area (TPSA) is 74.6 Å². The molecule has 2 aromatic heterocycles. The van der Waals surface area contributed by atoms with Crippen LogP contribution in [0, 0.1) is 5.41 Å². The van der Waals surface area contributed by atoms with Crippen molar-refractivity contribution in [1.82, 2.24) is 24.8 Å². The van der Waals surface area contributed by atoms with E-state index in [1.807, 2.05) is 47.1 Å². The van der Waals surface area contributed by atoms with Crippen LogP contribution in [-0.4, -0.2) is 58.1 Å². The van der Waals surface area contributed by atoms with Crippen LogP contribution in [0.3, 0.4) is 0 Å². The zero-order valence-corrected chi connectivity index (χ0v) is 18.9. The number of likely N-dealkylation sites (tertiary alicyclic amines) is 1. The van der Waals surface area contributed by atoms with Crippen LogP contribution in [0.25, 0.3) is 16.9 Å². The van der Waals surface area contributed by atoms with Gasteiger partial charge in [-0.1, -0.05) is 32.9 Å². The molecule has 2 N–H and O–H groups in total. The SMILES string of the molecule is CN1CCCC1CNC(=O)c1ccc(-c2cnc3ccc(NCC(C)(C)C)nn23)cc1. The highest BCUT2D eigenvalue weighted by molar-refractivity contribution is 5.94. The van der Waals surface area contributed by atoms with Gasteiger partial charge in [0.15, 0.2) is 5.65 Å². The van der Waals surface area contributed by atoms with Crippen LogP contribution in [0.1, 0.15) is 44.0 Å². The molecule has 1 fully saturated rings. The highest BCUT2D eigenvalue weighted by atomic mass is 16.1. The second-order valence-corrected chi connectivity index (χ2v) is 9.61. The smallest absolute Gasteiger partial charge is 0.251 e. The molecule has 0 bridgehead atoms. The quantitative estimate of drug-likeness (QED) is 0.636. The molecule has 1 unspecified atom stereocenters. The van der Waals surface area contributed by atoms with E-state index >= 15 is 0 Å². The molecule has 1 amide bonds. The summed E-state index contributed by atoms with van der Waals surface area (Å²) >= 11 is 0. The number of carbonyl (C=O) groups is 1. The van der Waals surface area contributed by atoms with E-state index in [2.05, 4.69) is 48.3 Å². The maximum Gasteiger partial charge on any atom is 0.251 e. The van der Waals surface area contributed by atoms with E-state index in [1.54, 1.807) is 0 Å². The Morgan fingerprint density at radius 3 is 2.61 bits per heavy atom. The minimum atomic E-state index is -0.0308. The Morgan fingerprint density at radius 2 is 1.94 bits per heavy atom. The second-order valence-electron chi connectivity index (χ2n) is 9.61. The summed E-state index contributed by atoms with van der Waals surface area (Å²) in [6, 6.07) is 12.0. The van der Waals surface area contributed by atoms with Gasteiger partial charge in [0.05, 0.1) is 11.9 Å². The first kappa shape index (κ1) is 21.3. The van der Waals surface area contributed by atoms with Crippen LogP contribution < -0.4 is 10.6 Å². The van der Waals surface area contributed by atoms with E-state index in [1.165, 1.54) is 6.42 Å². The molecule has 1 saturated heterocycles. The van der Waals surface area contributed by atoms with E-state index in [0.29, 0.717) is 18.2 Å². The first-order valence-electron chi connectivity index (χ1n) is 11.0. The number of anilines is 1. The molecule has 1 aliphatic rings. The zero-order valence-electron chi connectivity index (χ0n) is 18.9. The molecule has 0 saturated carbocycles. The largest absolute Gasteiger partial charge is 0.368 e. The fourth-order valence-electron chi connectivity index (χ4n) is 3.86. The molecule has 3 heterocycles. The van der Waals surface area contributed by atoms with Gasteiger partial charge in [0, 0.05) is 30.3 Å². The number of hydrogen-bond acceptors (Lipinski definition) is 5. The van der Waals surface area contributed by atoms with Gasteiger partial charge in [-0.25, -0.2) is 9.50 Å². The van der Waals surface area contributed by atoms with Crippen molar-refractivity contribution in [3.63, 3.8) is 0 Å². The zero-order chi connectivity index (χ0) is 22.0. The fraction of sp³-hybridized carbons (Fsp3) is 0.458. The summed E-state index contributed by atoms with van der Waals surface area (Å²) in [6.07, 6.45) is 4.16. The molecule has 3 aromatic rings. The van der Waals surface area contributed by atoms with Crippen molar-refractivity contribution in [2.45, 2.75) is 39.7 Å². The summed E-state index contributed by atoms with van der Waals surface area (Å²) in [4.78, 5) is 19.3. The van der Waals surface area contributed by atoms with Gasteiger partial charge in [-0.3, -0.25) is 4.79 Å². The third-order valence-electron chi connectivity index (χ3n) is 5.77. The number of aromatic nitrogens is 3. The molecule has 1 aliphatic heterocycles.